The van der Waals surface area contributed by atoms with Crippen LogP contribution in [0.2, 0.25) is 0 Å². The van der Waals surface area contributed by atoms with Crippen molar-refractivity contribution in [3.63, 3.8) is 0 Å². The summed E-state index contributed by atoms with van der Waals surface area (Å²) in [6.07, 6.45) is 5.52. The van der Waals surface area contributed by atoms with E-state index in [9.17, 15) is 0 Å². The van der Waals surface area contributed by atoms with Gasteiger partial charge < -0.3 is 5.32 Å². The van der Waals surface area contributed by atoms with Crippen LogP contribution in [0.3, 0.4) is 0 Å². The van der Waals surface area contributed by atoms with Crippen molar-refractivity contribution in [1.29, 1.82) is 0 Å². The highest BCUT2D eigenvalue weighted by atomic mass is 32.1. The SMILES string of the molecule is C1=CNC=c2ccsc2=N1. The molecule has 0 aliphatic carbocycles. The van der Waals surface area contributed by atoms with Crippen molar-refractivity contribution in [2.75, 3.05) is 0 Å². The molecule has 0 saturated carbocycles. The highest BCUT2D eigenvalue weighted by Gasteiger charge is 1.87. The Labute approximate surface area is 62.2 Å². The molecule has 0 amide bonds. The zero-order valence-corrected chi connectivity index (χ0v) is 6.06. The van der Waals surface area contributed by atoms with Gasteiger partial charge in [0, 0.05) is 23.8 Å². The van der Waals surface area contributed by atoms with Crippen LogP contribution in [0, 0.1) is 0 Å². The maximum absolute atomic E-state index is 4.19. The van der Waals surface area contributed by atoms with Gasteiger partial charge in [-0.05, 0) is 11.4 Å². The lowest BCUT2D eigenvalue weighted by molar-refractivity contribution is 1.27. The second-order valence-corrected chi connectivity index (χ2v) is 2.83. The smallest absolute Gasteiger partial charge is 0.124 e. The zero-order valence-electron chi connectivity index (χ0n) is 5.24. The topological polar surface area (TPSA) is 24.4 Å². The summed E-state index contributed by atoms with van der Waals surface area (Å²) in [4.78, 5) is 4.19. The van der Waals surface area contributed by atoms with Gasteiger partial charge in [-0.2, -0.15) is 0 Å². The molecule has 0 saturated heterocycles. The lowest BCUT2D eigenvalue weighted by Crippen LogP contribution is -2.18. The Bertz CT molecular complexity index is 361. The third kappa shape index (κ3) is 0.844. The summed E-state index contributed by atoms with van der Waals surface area (Å²) in [6.45, 7) is 0. The van der Waals surface area contributed by atoms with Gasteiger partial charge in [0.25, 0.3) is 0 Å². The van der Waals surface area contributed by atoms with Crippen LogP contribution in [0.1, 0.15) is 0 Å². The minimum Gasteiger partial charge on any atom is -0.366 e. The lowest BCUT2D eigenvalue weighted by Gasteiger charge is -1.79. The molecular weight excluding hydrogens is 144 g/mol. The molecule has 0 unspecified atom stereocenters. The second kappa shape index (κ2) is 2.27. The van der Waals surface area contributed by atoms with Crippen molar-refractivity contribution in [3.05, 3.63) is 33.7 Å². The average molecular weight is 150 g/mol. The fraction of sp³-hybridized carbons (Fsp3) is 0. The molecule has 50 valence electrons. The molecule has 0 fully saturated rings. The van der Waals surface area contributed by atoms with Crippen molar-refractivity contribution < 1.29 is 0 Å². The van der Waals surface area contributed by atoms with Crippen LogP contribution in [0.15, 0.2) is 28.8 Å². The van der Waals surface area contributed by atoms with Gasteiger partial charge in [-0.25, -0.2) is 4.99 Å². The van der Waals surface area contributed by atoms with E-state index in [0.29, 0.717) is 0 Å². The van der Waals surface area contributed by atoms with Gasteiger partial charge >= 0.3 is 0 Å². The van der Waals surface area contributed by atoms with E-state index in [2.05, 4.69) is 10.3 Å². The number of thiophene rings is 1. The molecule has 1 N–H and O–H groups in total. The van der Waals surface area contributed by atoms with E-state index in [0.717, 1.165) is 9.89 Å². The molecule has 0 bridgehead atoms. The zero-order chi connectivity index (χ0) is 6.81. The monoisotopic (exact) mass is 150 g/mol. The number of fused-ring (bicyclic) bond motifs is 1. The molecule has 1 aliphatic heterocycles. The van der Waals surface area contributed by atoms with Crippen molar-refractivity contribution in [2.24, 2.45) is 4.99 Å². The summed E-state index contributed by atoms with van der Waals surface area (Å²) in [5.74, 6) is 0. The average Bonchev–Trinajstić information content (AvgIpc) is 2.28. The summed E-state index contributed by atoms with van der Waals surface area (Å²) in [7, 11) is 0. The molecule has 2 rings (SSSR count). The van der Waals surface area contributed by atoms with Gasteiger partial charge in [0.2, 0.25) is 0 Å². The van der Waals surface area contributed by atoms with Gasteiger partial charge in [-0.1, -0.05) is 0 Å². The first-order valence-corrected chi connectivity index (χ1v) is 3.87. The van der Waals surface area contributed by atoms with E-state index in [-0.39, 0.29) is 0 Å². The Morgan fingerprint density at radius 1 is 1.50 bits per heavy atom. The van der Waals surface area contributed by atoms with Crippen LogP contribution in [-0.4, -0.2) is 0 Å². The Balaban J connectivity index is 2.82. The molecular formula is C7H6N2S. The molecule has 0 spiro atoms. The number of hydrogen-bond acceptors (Lipinski definition) is 3. The van der Waals surface area contributed by atoms with Crippen LogP contribution in [0.25, 0.3) is 6.20 Å². The molecule has 1 aliphatic rings. The molecule has 2 nitrogen and oxygen atoms in total. The van der Waals surface area contributed by atoms with Crippen LogP contribution < -0.4 is 15.2 Å². The van der Waals surface area contributed by atoms with E-state index in [1.807, 2.05) is 23.8 Å². The third-order valence-corrected chi connectivity index (χ3v) is 2.11. The Hall–Kier alpha value is -1.09. The molecule has 0 aromatic carbocycles. The Morgan fingerprint density at radius 2 is 2.50 bits per heavy atom. The van der Waals surface area contributed by atoms with E-state index in [1.165, 1.54) is 0 Å². The van der Waals surface area contributed by atoms with Crippen molar-refractivity contribution >= 4 is 17.5 Å². The summed E-state index contributed by atoms with van der Waals surface area (Å²) < 4.78 is 1.07. The molecule has 1 aromatic heterocycles. The van der Waals surface area contributed by atoms with E-state index < -0.39 is 0 Å². The third-order valence-electron chi connectivity index (χ3n) is 1.28. The van der Waals surface area contributed by atoms with Crippen LogP contribution in [0.4, 0.5) is 0 Å². The molecule has 0 radical (unpaired) electrons. The maximum Gasteiger partial charge on any atom is 0.124 e. The first kappa shape index (κ1) is 5.68. The van der Waals surface area contributed by atoms with E-state index in [4.69, 9.17) is 0 Å². The predicted molar refractivity (Wildman–Crippen MR) is 41.8 cm³/mol. The first-order chi connectivity index (χ1) is 4.97. The standard InChI is InChI=1S/C7H6N2S/c1-4-10-7-6(1)5-8-2-3-9-7/h1-5,8H. The number of nitrogens with one attached hydrogen (secondary N) is 1. The number of rotatable bonds is 0. The largest absolute Gasteiger partial charge is 0.366 e. The van der Waals surface area contributed by atoms with Crippen molar-refractivity contribution in [1.82, 2.24) is 5.32 Å². The van der Waals surface area contributed by atoms with Crippen molar-refractivity contribution in [3.8, 4) is 0 Å². The second-order valence-electron chi connectivity index (χ2n) is 1.94. The fourth-order valence-electron chi connectivity index (χ4n) is 0.812. The van der Waals surface area contributed by atoms with Crippen LogP contribution >= 0.6 is 11.3 Å². The lowest BCUT2D eigenvalue weighted by atomic mass is 10.5. The normalized spacial score (nSPS) is 14.0. The first-order valence-electron chi connectivity index (χ1n) is 2.99. The van der Waals surface area contributed by atoms with Crippen LogP contribution in [-0.2, 0) is 0 Å². The fourth-order valence-corrected chi connectivity index (χ4v) is 1.54. The Morgan fingerprint density at radius 3 is 3.50 bits per heavy atom. The van der Waals surface area contributed by atoms with Gasteiger partial charge in [-0.15, -0.1) is 11.3 Å². The van der Waals surface area contributed by atoms with Crippen LogP contribution in [0.5, 0.6) is 0 Å². The summed E-state index contributed by atoms with van der Waals surface area (Å²) in [5.41, 5.74) is 0. The highest BCUT2D eigenvalue weighted by Crippen LogP contribution is 1.83. The summed E-state index contributed by atoms with van der Waals surface area (Å²) in [5, 5.41) is 6.19. The number of nitrogens with zero attached hydrogens (tertiary/aromatic N) is 1. The quantitative estimate of drug-likeness (QED) is 0.560. The minimum atomic E-state index is 1.07. The van der Waals surface area contributed by atoms with Crippen molar-refractivity contribution in [2.45, 2.75) is 0 Å². The Kier molecular flexibility index (Phi) is 1.29. The highest BCUT2D eigenvalue weighted by molar-refractivity contribution is 7.07. The predicted octanol–water partition coefficient (Wildman–Crippen LogP) is 0.180. The van der Waals surface area contributed by atoms with Gasteiger partial charge in [0.05, 0.1) is 0 Å². The van der Waals surface area contributed by atoms with Gasteiger partial charge in [0.15, 0.2) is 0 Å². The molecule has 3 heteroatoms. The molecule has 10 heavy (non-hydrogen) atoms. The van der Waals surface area contributed by atoms with E-state index in [1.54, 1.807) is 17.5 Å². The molecule has 0 atom stereocenters. The number of hydrogen-bond donors (Lipinski definition) is 1. The summed E-state index contributed by atoms with van der Waals surface area (Å²) >= 11 is 1.65. The van der Waals surface area contributed by atoms with Gasteiger partial charge in [0.1, 0.15) is 4.67 Å². The minimum absolute atomic E-state index is 1.07. The maximum atomic E-state index is 4.19. The molecule has 2 heterocycles. The van der Waals surface area contributed by atoms with Gasteiger partial charge in [-0.3, -0.25) is 0 Å². The molecule has 1 aromatic rings. The summed E-state index contributed by atoms with van der Waals surface area (Å²) in [6, 6.07) is 2.05. The van der Waals surface area contributed by atoms with E-state index >= 15 is 0 Å².